The van der Waals surface area contributed by atoms with Gasteiger partial charge in [0.1, 0.15) is 30.0 Å². The zero-order valence-electron chi connectivity index (χ0n) is 20.0. The molecule has 2 aromatic heterocycles. The number of aliphatic hydroxyl groups is 3. The minimum absolute atomic E-state index is 0.228. The molecule has 1 aliphatic carbocycles. The first-order chi connectivity index (χ1) is 16.7. The average molecular weight is 550 g/mol. The number of rotatable bonds is 8. The van der Waals surface area contributed by atoms with Gasteiger partial charge in [-0.25, -0.2) is 23.1 Å². The predicted octanol–water partition coefficient (Wildman–Crippen LogP) is -0.346. The molecule has 14 nitrogen and oxygen atoms in total. The number of fused-ring (bicyclic) bond motifs is 1. The van der Waals surface area contributed by atoms with E-state index in [9.17, 15) is 38.1 Å². The van der Waals surface area contributed by atoms with Gasteiger partial charge < -0.3 is 35.2 Å². The van der Waals surface area contributed by atoms with Crippen LogP contribution in [0.15, 0.2) is 6.20 Å². The standard InChI is InChI=1S/C20H32N5O9PS/c1-9-5-4-6-13(9)24-17-12-7-21-25(18(12)23-11(3)22-17)19-16(28)15(27)14(34-19)8-36(32,33)20(10(2)26)35(29,30)31/h7,9-10,13-16,19-20,26-28H,4-6,8H2,1-3H3,(H,22,23,24)(H2,29,30,31)/t9?,10?,13?,14-,15-,16-,19-,20?/m1/s1. The molecular formula is C20H32N5O9PS. The Morgan fingerprint density at radius 1 is 1.25 bits per heavy atom. The second-order valence-corrected chi connectivity index (χ2v) is 14.0. The average Bonchev–Trinajstić information content (AvgIpc) is 3.40. The van der Waals surface area contributed by atoms with Crippen molar-refractivity contribution in [3.8, 4) is 0 Å². The zero-order valence-corrected chi connectivity index (χ0v) is 21.7. The first-order valence-electron chi connectivity index (χ1n) is 11.7. The maximum atomic E-state index is 12.7. The van der Waals surface area contributed by atoms with Gasteiger partial charge in [-0.3, -0.25) is 4.57 Å². The van der Waals surface area contributed by atoms with Crippen LogP contribution in [0.2, 0.25) is 0 Å². The van der Waals surface area contributed by atoms with Gasteiger partial charge in [0.15, 0.2) is 26.7 Å². The first kappa shape index (κ1) is 27.3. The van der Waals surface area contributed by atoms with Crippen LogP contribution in [0.3, 0.4) is 0 Å². The molecule has 2 fully saturated rings. The lowest BCUT2D eigenvalue weighted by atomic mass is 10.1. The van der Waals surface area contributed by atoms with Gasteiger partial charge in [0.05, 0.1) is 23.4 Å². The summed E-state index contributed by atoms with van der Waals surface area (Å²) in [6, 6.07) is 0.228. The van der Waals surface area contributed by atoms with Crippen molar-refractivity contribution in [2.75, 3.05) is 11.1 Å². The molecule has 202 valence electrons. The van der Waals surface area contributed by atoms with E-state index in [4.69, 9.17) is 4.74 Å². The topological polar surface area (TPSA) is 217 Å². The molecule has 0 spiro atoms. The summed E-state index contributed by atoms with van der Waals surface area (Å²) in [6.07, 6.45) is -3.38. The van der Waals surface area contributed by atoms with Crippen molar-refractivity contribution in [2.45, 2.75) is 81.7 Å². The number of hydrogen-bond donors (Lipinski definition) is 6. The van der Waals surface area contributed by atoms with Crippen LogP contribution in [0, 0.1) is 12.8 Å². The summed E-state index contributed by atoms with van der Waals surface area (Å²) >= 11 is 0. The maximum Gasteiger partial charge on any atom is 0.346 e. The summed E-state index contributed by atoms with van der Waals surface area (Å²) in [5.41, 5.74) is 0.299. The Bertz CT molecular complexity index is 1270. The first-order valence-corrected chi connectivity index (χ1v) is 15.0. The molecule has 36 heavy (non-hydrogen) atoms. The number of nitrogens with one attached hydrogen (secondary N) is 1. The van der Waals surface area contributed by atoms with E-state index in [1.807, 2.05) is 0 Å². The third-order valence-electron chi connectivity index (χ3n) is 6.84. The molecule has 1 saturated heterocycles. The Kier molecular flexibility index (Phi) is 7.50. The lowest BCUT2D eigenvalue weighted by molar-refractivity contribution is -0.0365. The lowest BCUT2D eigenvalue weighted by Gasteiger charge is -2.23. The predicted molar refractivity (Wildman–Crippen MR) is 128 cm³/mol. The number of aryl methyl sites for hydroxylation is 1. The Morgan fingerprint density at radius 3 is 2.53 bits per heavy atom. The van der Waals surface area contributed by atoms with Crippen LogP contribution in [-0.4, -0.2) is 94.5 Å². The number of hydrogen-bond acceptors (Lipinski definition) is 11. The molecule has 8 atom stereocenters. The molecule has 4 unspecified atom stereocenters. The van der Waals surface area contributed by atoms with E-state index in [-0.39, 0.29) is 6.04 Å². The molecular weight excluding hydrogens is 517 g/mol. The summed E-state index contributed by atoms with van der Waals surface area (Å²) in [4.78, 5) is 25.4. The van der Waals surface area contributed by atoms with E-state index in [0.29, 0.717) is 28.6 Å². The van der Waals surface area contributed by atoms with Gasteiger partial charge in [-0.1, -0.05) is 13.3 Å². The van der Waals surface area contributed by atoms with Gasteiger partial charge in [0.25, 0.3) is 0 Å². The van der Waals surface area contributed by atoms with Gasteiger partial charge in [0.2, 0.25) is 0 Å². The number of anilines is 1. The van der Waals surface area contributed by atoms with Crippen molar-refractivity contribution in [1.82, 2.24) is 19.7 Å². The van der Waals surface area contributed by atoms with Gasteiger partial charge in [-0.15, -0.1) is 0 Å². The van der Waals surface area contributed by atoms with E-state index in [1.54, 1.807) is 6.92 Å². The van der Waals surface area contributed by atoms with Crippen molar-refractivity contribution in [1.29, 1.82) is 0 Å². The quantitative estimate of drug-likeness (QED) is 0.232. The summed E-state index contributed by atoms with van der Waals surface area (Å²) in [5.74, 6) is 0.408. The summed E-state index contributed by atoms with van der Waals surface area (Å²) in [5, 5.41) is 39.2. The molecule has 1 aliphatic heterocycles. The van der Waals surface area contributed by atoms with Gasteiger partial charge in [0, 0.05) is 6.04 Å². The van der Waals surface area contributed by atoms with E-state index < -0.39 is 58.8 Å². The Balaban J connectivity index is 1.62. The molecule has 1 saturated carbocycles. The lowest BCUT2D eigenvalue weighted by Crippen LogP contribution is -2.41. The molecule has 2 aliphatic rings. The van der Waals surface area contributed by atoms with Crippen molar-refractivity contribution in [2.24, 2.45) is 5.92 Å². The highest BCUT2D eigenvalue weighted by Gasteiger charge is 2.51. The van der Waals surface area contributed by atoms with E-state index in [0.717, 1.165) is 26.2 Å². The summed E-state index contributed by atoms with van der Waals surface area (Å²) in [7, 11) is -9.91. The number of aliphatic hydroxyl groups excluding tert-OH is 3. The second kappa shape index (κ2) is 9.87. The smallest absolute Gasteiger partial charge is 0.346 e. The fourth-order valence-electron chi connectivity index (χ4n) is 5.05. The van der Waals surface area contributed by atoms with Crippen molar-refractivity contribution >= 4 is 34.3 Å². The third-order valence-corrected chi connectivity index (χ3v) is 11.6. The van der Waals surface area contributed by atoms with Crippen LogP contribution in [0.5, 0.6) is 0 Å². The van der Waals surface area contributed by atoms with Gasteiger partial charge >= 0.3 is 7.60 Å². The molecule has 0 radical (unpaired) electrons. The van der Waals surface area contributed by atoms with Crippen LogP contribution in [-0.2, 0) is 19.1 Å². The molecule has 0 bridgehead atoms. The minimum atomic E-state index is -5.25. The molecule has 4 rings (SSSR count). The van der Waals surface area contributed by atoms with E-state index >= 15 is 0 Å². The van der Waals surface area contributed by atoms with Crippen LogP contribution in [0.1, 0.15) is 45.2 Å². The minimum Gasteiger partial charge on any atom is -0.391 e. The highest BCUT2D eigenvalue weighted by Crippen LogP contribution is 2.47. The van der Waals surface area contributed by atoms with Gasteiger partial charge in [-0.05, 0) is 32.6 Å². The third kappa shape index (κ3) is 5.16. The zero-order chi connectivity index (χ0) is 26.6. The Hall–Kier alpha value is -1.71. The van der Waals surface area contributed by atoms with Crippen molar-refractivity contribution < 1.29 is 42.8 Å². The molecule has 0 aromatic carbocycles. The van der Waals surface area contributed by atoms with Crippen LogP contribution < -0.4 is 5.32 Å². The van der Waals surface area contributed by atoms with E-state index in [2.05, 4.69) is 27.3 Å². The van der Waals surface area contributed by atoms with Crippen LogP contribution >= 0.6 is 7.60 Å². The number of ether oxygens (including phenoxy) is 1. The van der Waals surface area contributed by atoms with Crippen LogP contribution in [0.4, 0.5) is 5.82 Å². The highest BCUT2D eigenvalue weighted by molar-refractivity contribution is 7.98. The Morgan fingerprint density at radius 2 is 1.94 bits per heavy atom. The Labute approximate surface area is 207 Å². The fraction of sp³-hybridized carbons (Fsp3) is 0.750. The highest BCUT2D eigenvalue weighted by atomic mass is 32.2. The largest absolute Gasteiger partial charge is 0.391 e. The molecule has 3 heterocycles. The normalized spacial score (nSPS) is 31.1. The fourth-order valence-corrected chi connectivity index (χ4v) is 9.08. The summed E-state index contributed by atoms with van der Waals surface area (Å²) < 4.78 is 44.1. The van der Waals surface area contributed by atoms with E-state index in [1.165, 1.54) is 10.9 Å². The second-order valence-electron chi connectivity index (χ2n) is 9.70. The summed E-state index contributed by atoms with van der Waals surface area (Å²) in [6.45, 7) is 4.79. The molecule has 6 N–H and O–H groups in total. The number of nitrogens with zero attached hydrogens (tertiary/aromatic N) is 4. The number of aromatic nitrogens is 4. The monoisotopic (exact) mass is 549 g/mol. The molecule has 2 aromatic rings. The van der Waals surface area contributed by atoms with Crippen molar-refractivity contribution in [3.63, 3.8) is 0 Å². The molecule has 0 amide bonds. The van der Waals surface area contributed by atoms with Gasteiger partial charge in [-0.2, -0.15) is 5.10 Å². The number of sulfone groups is 1. The van der Waals surface area contributed by atoms with Crippen molar-refractivity contribution in [3.05, 3.63) is 12.0 Å². The van der Waals surface area contributed by atoms with Crippen LogP contribution in [0.25, 0.3) is 11.0 Å². The molecule has 16 heteroatoms. The SMILES string of the molecule is Cc1nc(NC2CCCC2C)c2cnn([C@@H]3O[C@H](CS(=O)(=O)C(C(C)O)P(=O)(O)O)[C@@H](O)[C@H]3O)c2n1. The maximum absolute atomic E-state index is 12.7.